The lowest BCUT2D eigenvalue weighted by Gasteiger charge is -2.41. The standard InChI is InChI=1S/C10H17N3O3S/c1-2-10(4-3-5-10)13-17(15,16)9-8(7-14)6-11-12-9/h6,13-14H,2-5,7H2,1H3,(H,11,12). The molecule has 1 aliphatic rings. The van der Waals surface area contributed by atoms with Crippen molar-refractivity contribution in [3.05, 3.63) is 11.8 Å². The number of aromatic amines is 1. The van der Waals surface area contributed by atoms with Crippen LogP contribution in [0, 0.1) is 0 Å². The lowest BCUT2D eigenvalue weighted by atomic mass is 9.76. The summed E-state index contributed by atoms with van der Waals surface area (Å²) in [4.78, 5) is 0. The molecule has 1 saturated carbocycles. The summed E-state index contributed by atoms with van der Waals surface area (Å²) in [6, 6.07) is 0. The van der Waals surface area contributed by atoms with E-state index in [2.05, 4.69) is 14.9 Å². The number of H-pyrrole nitrogens is 1. The van der Waals surface area contributed by atoms with Crippen LogP contribution in [0.25, 0.3) is 0 Å². The number of rotatable bonds is 5. The highest BCUT2D eigenvalue weighted by Crippen LogP contribution is 2.36. The summed E-state index contributed by atoms with van der Waals surface area (Å²) in [5.74, 6) is 0. The first-order valence-electron chi connectivity index (χ1n) is 5.70. The van der Waals surface area contributed by atoms with Crippen LogP contribution in [0.5, 0.6) is 0 Å². The van der Waals surface area contributed by atoms with E-state index in [-0.39, 0.29) is 17.2 Å². The molecule has 2 rings (SSSR count). The van der Waals surface area contributed by atoms with Gasteiger partial charge in [0.2, 0.25) is 0 Å². The molecular weight excluding hydrogens is 242 g/mol. The molecule has 0 atom stereocenters. The molecule has 0 aliphatic heterocycles. The summed E-state index contributed by atoms with van der Waals surface area (Å²) >= 11 is 0. The van der Waals surface area contributed by atoms with Crippen molar-refractivity contribution >= 4 is 10.0 Å². The molecule has 7 heteroatoms. The van der Waals surface area contributed by atoms with Crippen molar-refractivity contribution in [3.63, 3.8) is 0 Å². The lowest BCUT2D eigenvalue weighted by Crippen LogP contribution is -2.52. The van der Waals surface area contributed by atoms with Crippen LogP contribution in [0.2, 0.25) is 0 Å². The van der Waals surface area contributed by atoms with E-state index >= 15 is 0 Å². The summed E-state index contributed by atoms with van der Waals surface area (Å²) in [6.45, 7) is 1.63. The Morgan fingerprint density at radius 3 is 2.76 bits per heavy atom. The largest absolute Gasteiger partial charge is 0.392 e. The second kappa shape index (κ2) is 4.40. The number of aliphatic hydroxyl groups excluding tert-OH is 1. The number of hydrogen-bond acceptors (Lipinski definition) is 4. The topological polar surface area (TPSA) is 95.1 Å². The fourth-order valence-corrected chi connectivity index (χ4v) is 3.77. The zero-order valence-electron chi connectivity index (χ0n) is 9.73. The Balaban J connectivity index is 2.25. The van der Waals surface area contributed by atoms with Gasteiger partial charge in [-0.15, -0.1) is 0 Å². The van der Waals surface area contributed by atoms with Crippen molar-refractivity contribution in [2.24, 2.45) is 0 Å². The third-order valence-electron chi connectivity index (χ3n) is 3.46. The van der Waals surface area contributed by atoms with Gasteiger partial charge in [-0.3, -0.25) is 5.10 Å². The van der Waals surface area contributed by atoms with Gasteiger partial charge in [0.15, 0.2) is 5.03 Å². The van der Waals surface area contributed by atoms with Gasteiger partial charge in [-0.2, -0.15) is 5.10 Å². The van der Waals surface area contributed by atoms with Crippen LogP contribution < -0.4 is 4.72 Å². The minimum Gasteiger partial charge on any atom is -0.392 e. The van der Waals surface area contributed by atoms with E-state index < -0.39 is 10.0 Å². The molecule has 17 heavy (non-hydrogen) atoms. The Kier molecular flexibility index (Phi) is 3.24. The van der Waals surface area contributed by atoms with Crippen LogP contribution in [0.4, 0.5) is 0 Å². The number of aliphatic hydroxyl groups is 1. The van der Waals surface area contributed by atoms with E-state index in [1.807, 2.05) is 6.92 Å². The Hall–Kier alpha value is -0.920. The quantitative estimate of drug-likeness (QED) is 0.718. The zero-order valence-corrected chi connectivity index (χ0v) is 10.5. The number of nitrogens with one attached hydrogen (secondary N) is 2. The molecule has 3 N–H and O–H groups in total. The second-order valence-corrected chi connectivity index (χ2v) is 6.09. The molecule has 96 valence electrons. The van der Waals surface area contributed by atoms with Crippen LogP contribution >= 0.6 is 0 Å². The fraction of sp³-hybridized carbons (Fsp3) is 0.700. The summed E-state index contributed by atoms with van der Waals surface area (Å²) in [5.41, 5.74) is -0.0143. The first-order valence-corrected chi connectivity index (χ1v) is 7.18. The van der Waals surface area contributed by atoms with Crippen molar-refractivity contribution in [3.8, 4) is 0 Å². The monoisotopic (exact) mass is 259 g/mol. The van der Waals surface area contributed by atoms with Crippen molar-refractivity contribution < 1.29 is 13.5 Å². The number of aromatic nitrogens is 2. The molecule has 0 bridgehead atoms. The van der Waals surface area contributed by atoms with Crippen LogP contribution in [-0.2, 0) is 16.6 Å². The van der Waals surface area contributed by atoms with Crippen LogP contribution in [-0.4, -0.2) is 29.3 Å². The predicted molar refractivity (Wildman–Crippen MR) is 61.7 cm³/mol. The Morgan fingerprint density at radius 2 is 2.29 bits per heavy atom. The minimum atomic E-state index is -3.62. The maximum Gasteiger partial charge on any atom is 0.258 e. The second-order valence-electron chi connectivity index (χ2n) is 4.48. The van der Waals surface area contributed by atoms with E-state index in [1.54, 1.807) is 0 Å². The molecule has 0 amide bonds. The highest BCUT2D eigenvalue weighted by Gasteiger charge is 2.39. The van der Waals surface area contributed by atoms with E-state index in [1.165, 1.54) is 6.20 Å². The Labute approximate surface area is 100 Å². The van der Waals surface area contributed by atoms with Crippen molar-refractivity contribution in [2.45, 2.75) is 49.8 Å². The minimum absolute atomic E-state index is 0.0280. The Morgan fingerprint density at radius 1 is 1.59 bits per heavy atom. The molecule has 1 fully saturated rings. The van der Waals surface area contributed by atoms with Gasteiger partial charge in [0.05, 0.1) is 12.8 Å². The zero-order chi connectivity index (χ0) is 12.5. The molecule has 0 radical (unpaired) electrons. The van der Waals surface area contributed by atoms with Crippen LogP contribution in [0.1, 0.15) is 38.2 Å². The maximum atomic E-state index is 12.1. The summed E-state index contributed by atoms with van der Waals surface area (Å²) < 4.78 is 27.0. The van der Waals surface area contributed by atoms with Gasteiger partial charge in [-0.05, 0) is 25.7 Å². The van der Waals surface area contributed by atoms with Gasteiger partial charge in [0.1, 0.15) is 0 Å². The van der Waals surface area contributed by atoms with Crippen LogP contribution in [0.3, 0.4) is 0 Å². The average Bonchev–Trinajstić information content (AvgIpc) is 2.72. The summed E-state index contributed by atoms with van der Waals surface area (Å²) in [5, 5.41) is 15.1. The van der Waals surface area contributed by atoms with Gasteiger partial charge < -0.3 is 5.11 Å². The van der Waals surface area contributed by atoms with Crippen molar-refractivity contribution in [2.75, 3.05) is 0 Å². The first-order chi connectivity index (χ1) is 8.03. The van der Waals surface area contributed by atoms with Gasteiger partial charge >= 0.3 is 0 Å². The molecule has 0 saturated heterocycles. The van der Waals surface area contributed by atoms with Crippen LogP contribution in [0.15, 0.2) is 11.2 Å². The van der Waals surface area contributed by atoms with E-state index in [9.17, 15) is 8.42 Å². The van der Waals surface area contributed by atoms with Gasteiger partial charge in [0.25, 0.3) is 10.0 Å². The molecule has 1 aromatic heterocycles. The lowest BCUT2D eigenvalue weighted by molar-refractivity contribution is 0.213. The smallest absolute Gasteiger partial charge is 0.258 e. The molecule has 1 aliphatic carbocycles. The van der Waals surface area contributed by atoms with Gasteiger partial charge in [-0.25, -0.2) is 13.1 Å². The molecular formula is C10H17N3O3S. The van der Waals surface area contributed by atoms with Gasteiger partial charge in [-0.1, -0.05) is 6.92 Å². The van der Waals surface area contributed by atoms with E-state index in [4.69, 9.17) is 5.11 Å². The first kappa shape index (κ1) is 12.5. The number of nitrogens with zero attached hydrogens (tertiary/aromatic N) is 1. The summed E-state index contributed by atoms with van der Waals surface area (Å²) in [6.07, 6.45) is 4.88. The molecule has 0 spiro atoms. The highest BCUT2D eigenvalue weighted by molar-refractivity contribution is 7.89. The average molecular weight is 259 g/mol. The van der Waals surface area contributed by atoms with Crippen molar-refractivity contribution in [1.82, 2.24) is 14.9 Å². The third kappa shape index (κ3) is 2.22. The third-order valence-corrected chi connectivity index (χ3v) is 5.05. The normalized spacial score (nSPS) is 18.9. The fourth-order valence-electron chi connectivity index (χ4n) is 2.11. The highest BCUT2D eigenvalue weighted by atomic mass is 32.2. The molecule has 0 unspecified atom stereocenters. The van der Waals surface area contributed by atoms with Gasteiger partial charge in [0, 0.05) is 11.1 Å². The number of hydrogen-bond donors (Lipinski definition) is 3. The summed E-state index contributed by atoms with van der Waals surface area (Å²) in [7, 11) is -3.62. The molecule has 1 heterocycles. The maximum absolute atomic E-state index is 12.1. The Bertz CT molecular complexity index is 485. The van der Waals surface area contributed by atoms with E-state index in [0.29, 0.717) is 5.56 Å². The SMILES string of the molecule is CCC1(NS(=O)(=O)c2[nH]ncc2CO)CCC1. The molecule has 0 aromatic carbocycles. The molecule has 6 nitrogen and oxygen atoms in total. The van der Waals surface area contributed by atoms with E-state index in [0.717, 1.165) is 25.7 Å². The predicted octanol–water partition coefficient (Wildman–Crippen LogP) is 0.513. The molecule has 1 aromatic rings. The number of sulfonamides is 1. The van der Waals surface area contributed by atoms with Crippen molar-refractivity contribution in [1.29, 1.82) is 0 Å².